The van der Waals surface area contributed by atoms with E-state index in [0.717, 1.165) is 0 Å². The molecule has 0 aliphatic carbocycles. The van der Waals surface area contributed by atoms with Gasteiger partial charge in [-0.3, -0.25) is 0 Å². The van der Waals surface area contributed by atoms with Crippen LogP contribution in [0.2, 0.25) is 5.02 Å². The van der Waals surface area contributed by atoms with Gasteiger partial charge in [0, 0.05) is 5.02 Å². The second-order valence-electron chi connectivity index (χ2n) is 1.79. The summed E-state index contributed by atoms with van der Waals surface area (Å²) in [6, 6.07) is 6.31. The Labute approximate surface area is 70.3 Å². The third-order valence-corrected chi connectivity index (χ3v) is 1.58. The highest BCUT2D eigenvalue weighted by molar-refractivity contribution is 7.61. The molecule has 0 aliphatic rings. The van der Waals surface area contributed by atoms with E-state index in [1.807, 2.05) is 0 Å². The molecule has 0 atom stereocenters. The number of nitrogens with zero attached hydrogens (tertiary/aromatic N) is 1. The molecule has 0 amide bonds. The molecule has 58 valence electrons. The maximum Gasteiger partial charge on any atom is 0.316 e. The van der Waals surface area contributed by atoms with Crippen LogP contribution in [-0.2, 0) is 10.5 Å². The Balaban J connectivity index is 3.17. The molecule has 0 spiro atoms. The van der Waals surface area contributed by atoms with E-state index < -0.39 is 10.5 Å². The summed E-state index contributed by atoms with van der Waals surface area (Å²) in [4.78, 5) is 0. The third-order valence-electron chi connectivity index (χ3n) is 0.988. The lowest BCUT2D eigenvalue weighted by molar-refractivity contribution is 0.622. The molecule has 0 aliphatic heterocycles. The van der Waals surface area contributed by atoms with Crippen LogP contribution in [0.15, 0.2) is 28.6 Å². The van der Waals surface area contributed by atoms with E-state index in [1.165, 1.54) is 6.07 Å². The minimum absolute atomic E-state index is 0.339. The lowest BCUT2D eigenvalue weighted by Gasteiger charge is -1.88. The molecular weight excluding hydrogens is 186 g/mol. The SMILES string of the molecule is O=S(=O)=Nc1cccc(Cl)c1. The van der Waals surface area contributed by atoms with Crippen LogP contribution < -0.4 is 0 Å². The van der Waals surface area contributed by atoms with Crippen molar-refractivity contribution in [2.45, 2.75) is 0 Å². The fourth-order valence-corrected chi connectivity index (χ4v) is 1.09. The smallest absolute Gasteiger partial charge is 0.163 e. The molecule has 0 unspecified atom stereocenters. The monoisotopic (exact) mass is 189 g/mol. The molecule has 1 aromatic carbocycles. The summed E-state index contributed by atoms with van der Waals surface area (Å²) in [5.41, 5.74) is 0.339. The summed E-state index contributed by atoms with van der Waals surface area (Å²) in [6.45, 7) is 0. The molecule has 0 fully saturated rings. The van der Waals surface area contributed by atoms with Crippen LogP contribution in [-0.4, -0.2) is 8.42 Å². The normalized spacial score (nSPS) is 9.18. The van der Waals surface area contributed by atoms with Crippen molar-refractivity contribution in [1.82, 2.24) is 0 Å². The van der Waals surface area contributed by atoms with Crippen molar-refractivity contribution < 1.29 is 8.42 Å². The maximum atomic E-state index is 10.1. The van der Waals surface area contributed by atoms with Crippen molar-refractivity contribution in [2.75, 3.05) is 0 Å². The summed E-state index contributed by atoms with van der Waals surface area (Å²) in [6.07, 6.45) is 0. The van der Waals surface area contributed by atoms with Crippen LogP contribution in [0.1, 0.15) is 0 Å². The van der Waals surface area contributed by atoms with Crippen molar-refractivity contribution in [3.05, 3.63) is 29.3 Å². The Hall–Kier alpha value is -0.870. The van der Waals surface area contributed by atoms with Crippen LogP contribution in [0, 0.1) is 0 Å². The van der Waals surface area contributed by atoms with Gasteiger partial charge in [-0.15, -0.1) is 4.36 Å². The first-order chi connectivity index (χ1) is 5.18. The van der Waals surface area contributed by atoms with Crippen LogP contribution in [0.3, 0.4) is 0 Å². The lowest BCUT2D eigenvalue weighted by Crippen LogP contribution is -1.64. The molecule has 0 saturated carbocycles. The molecule has 11 heavy (non-hydrogen) atoms. The third kappa shape index (κ3) is 2.69. The molecular formula is C6H4ClNO2S. The van der Waals surface area contributed by atoms with E-state index >= 15 is 0 Å². The Bertz CT molecular complexity index is 377. The predicted molar refractivity (Wildman–Crippen MR) is 42.5 cm³/mol. The minimum Gasteiger partial charge on any atom is -0.163 e. The first-order valence-electron chi connectivity index (χ1n) is 2.75. The van der Waals surface area contributed by atoms with E-state index in [2.05, 4.69) is 4.36 Å². The summed E-state index contributed by atoms with van der Waals surface area (Å²) in [5, 5.41) is 0.469. The highest BCUT2D eigenvalue weighted by Gasteiger charge is 1.89. The molecule has 1 aromatic rings. The lowest BCUT2D eigenvalue weighted by atomic mass is 10.3. The summed E-state index contributed by atoms with van der Waals surface area (Å²) in [5.74, 6) is 0. The summed E-state index contributed by atoms with van der Waals surface area (Å²) in [7, 11) is -2.41. The van der Waals surface area contributed by atoms with Crippen molar-refractivity contribution in [3.8, 4) is 0 Å². The number of hydrogen-bond donors (Lipinski definition) is 0. The fourth-order valence-electron chi connectivity index (χ4n) is 0.619. The molecule has 3 nitrogen and oxygen atoms in total. The number of hydrogen-bond acceptors (Lipinski definition) is 3. The van der Waals surface area contributed by atoms with Crippen molar-refractivity contribution in [3.63, 3.8) is 0 Å². The van der Waals surface area contributed by atoms with Crippen molar-refractivity contribution >= 4 is 27.8 Å². The second kappa shape index (κ2) is 3.50. The zero-order valence-electron chi connectivity index (χ0n) is 5.36. The number of halogens is 1. The summed E-state index contributed by atoms with van der Waals surface area (Å²) >= 11 is 5.57. The Morgan fingerprint density at radius 1 is 1.36 bits per heavy atom. The molecule has 5 heteroatoms. The molecule has 1 rings (SSSR count). The Morgan fingerprint density at radius 3 is 2.64 bits per heavy atom. The van der Waals surface area contributed by atoms with Gasteiger partial charge in [-0.2, -0.15) is 8.42 Å². The molecule has 0 bridgehead atoms. The van der Waals surface area contributed by atoms with Gasteiger partial charge in [-0.1, -0.05) is 17.7 Å². The standard InChI is InChI=1S/C6H4ClNO2S/c7-5-2-1-3-6(4-5)8-11(9)10/h1-4H. The quantitative estimate of drug-likeness (QED) is 0.679. The van der Waals surface area contributed by atoms with Gasteiger partial charge in [0.05, 0.1) is 5.69 Å². The largest absolute Gasteiger partial charge is 0.316 e. The summed E-state index contributed by atoms with van der Waals surface area (Å²) < 4.78 is 23.4. The first kappa shape index (κ1) is 8.23. The van der Waals surface area contributed by atoms with E-state index in [0.29, 0.717) is 10.7 Å². The number of rotatable bonds is 1. The van der Waals surface area contributed by atoms with Gasteiger partial charge < -0.3 is 0 Å². The second-order valence-corrected chi connectivity index (χ2v) is 2.84. The zero-order valence-corrected chi connectivity index (χ0v) is 6.93. The predicted octanol–water partition coefficient (Wildman–Crippen LogP) is 2.03. The van der Waals surface area contributed by atoms with E-state index in [1.54, 1.807) is 18.2 Å². The van der Waals surface area contributed by atoms with Gasteiger partial charge in [0.1, 0.15) is 0 Å². The average molecular weight is 190 g/mol. The molecule has 0 N–H and O–H groups in total. The highest BCUT2D eigenvalue weighted by atomic mass is 35.5. The van der Waals surface area contributed by atoms with Crippen LogP contribution in [0.5, 0.6) is 0 Å². The average Bonchev–Trinajstić information content (AvgIpc) is 1.85. The van der Waals surface area contributed by atoms with Gasteiger partial charge >= 0.3 is 10.5 Å². The van der Waals surface area contributed by atoms with E-state index in [9.17, 15) is 8.42 Å². The van der Waals surface area contributed by atoms with Crippen molar-refractivity contribution in [1.29, 1.82) is 0 Å². The molecule has 0 heterocycles. The Kier molecular flexibility index (Phi) is 2.62. The number of benzene rings is 1. The molecule has 0 radical (unpaired) electrons. The fraction of sp³-hybridized carbons (Fsp3) is 0. The van der Waals surface area contributed by atoms with Gasteiger partial charge in [0.2, 0.25) is 0 Å². The van der Waals surface area contributed by atoms with Gasteiger partial charge in [-0.25, -0.2) is 0 Å². The van der Waals surface area contributed by atoms with Gasteiger partial charge in [0.25, 0.3) is 0 Å². The first-order valence-corrected chi connectivity index (χ1v) is 4.16. The van der Waals surface area contributed by atoms with Crippen LogP contribution in [0.25, 0.3) is 0 Å². The van der Waals surface area contributed by atoms with Crippen LogP contribution >= 0.6 is 11.6 Å². The van der Waals surface area contributed by atoms with Crippen molar-refractivity contribution in [2.24, 2.45) is 4.36 Å². The molecule has 0 saturated heterocycles. The minimum atomic E-state index is -2.41. The zero-order chi connectivity index (χ0) is 8.27. The topological polar surface area (TPSA) is 46.5 Å². The van der Waals surface area contributed by atoms with Crippen LogP contribution in [0.4, 0.5) is 5.69 Å². The maximum absolute atomic E-state index is 10.1. The highest BCUT2D eigenvalue weighted by Crippen LogP contribution is 2.16. The van der Waals surface area contributed by atoms with E-state index in [4.69, 9.17) is 11.6 Å². The van der Waals surface area contributed by atoms with Gasteiger partial charge in [-0.05, 0) is 18.2 Å². The Morgan fingerprint density at radius 2 is 2.09 bits per heavy atom. The van der Waals surface area contributed by atoms with E-state index in [-0.39, 0.29) is 0 Å². The van der Waals surface area contributed by atoms with Gasteiger partial charge in [0.15, 0.2) is 0 Å². The molecule has 0 aromatic heterocycles.